The van der Waals surface area contributed by atoms with Crippen molar-refractivity contribution in [2.45, 2.75) is 39.7 Å². The number of nitrogens with zero attached hydrogens (tertiary/aromatic N) is 1. The Kier molecular flexibility index (Phi) is 7.15. The number of rotatable bonds is 8. The standard InChI is InChI=1S/C14H30N2O2/c1-4-16(7-8-17)12-14(11-15-13(2)3)5-9-18-10-6-14/h13,15,17H,4-12H2,1-3H3. The third-order valence-corrected chi connectivity index (χ3v) is 3.86. The molecule has 0 aromatic heterocycles. The van der Waals surface area contributed by atoms with Crippen molar-refractivity contribution < 1.29 is 9.84 Å². The van der Waals surface area contributed by atoms with Crippen LogP contribution in [-0.4, -0.2) is 62.0 Å². The van der Waals surface area contributed by atoms with Gasteiger partial charge in [-0.15, -0.1) is 0 Å². The second kappa shape index (κ2) is 8.10. The highest BCUT2D eigenvalue weighted by Gasteiger charge is 2.33. The topological polar surface area (TPSA) is 44.7 Å². The van der Waals surface area contributed by atoms with Crippen LogP contribution >= 0.6 is 0 Å². The van der Waals surface area contributed by atoms with Gasteiger partial charge in [0.15, 0.2) is 0 Å². The fraction of sp³-hybridized carbons (Fsp3) is 1.00. The maximum atomic E-state index is 9.12. The van der Waals surface area contributed by atoms with Gasteiger partial charge in [0, 0.05) is 38.9 Å². The zero-order chi connectivity index (χ0) is 13.4. The molecule has 0 atom stereocenters. The summed E-state index contributed by atoms with van der Waals surface area (Å²) in [7, 11) is 0. The average Bonchev–Trinajstić information content (AvgIpc) is 2.37. The summed E-state index contributed by atoms with van der Waals surface area (Å²) in [6.45, 7) is 12.4. The highest BCUT2D eigenvalue weighted by Crippen LogP contribution is 2.31. The first-order valence-electron chi connectivity index (χ1n) is 7.26. The van der Waals surface area contributed by atoms with Gasteiger partial charge >= 0.3 is 0 Å². The SMILES string of the molecule is CCN(CCO)CC1(CNC(C)C)CCOCC1. The summed E-state index contributed by atoms with van der Waals surface area (Å²) >= 11 is 0. The van der Waals surface area contributed by atoms with Crippen LogP contribution in [0.15, 0.2) is 0 Å². The van der Waals surface area contributed by atoms with E-state index in [9.17, 15) is 0 Å². The Morgan fingerprint density at radius 1 is 1.33 bits per heavy atom. The molecule has 0 radical (unpaired) electrons. The number of ether oxygens (including phenoxy) is 1. The van der Waals surface area contributed by atoms with E-state index in [2.05, 4.69) is 31.0 Å². The molecule has 0 bridgehead atoms. The molecular formula is C14H30N2O2. The van der Waals surface area contributed by atoms with Crippen LogP contribution in [0.25, 0.3) is 0 Å². The first-order valence-corrected chi connectivity index (χ1v) is 7.26. The first-order chi connectivity index (χ1) is 8.62. The molecule has 0 saturated carbocycles. The van der Waals surface area contributed by atoms with Gasteiger partial charge in [-0.2, -0.15) is 0 Å². The lowest BCUT2D eigenvalue weighted by atomic mass is 9.79. The molecule has 1 aliphatic rings. The van der Waals surface area contributed by atoms with Crippen LogP contribution in [0.3, 0.4) is 0 Å². The molecule has 0 unspecified atom stereocenters. The number of aliphatic hydroxyl groups is 1. The Morgan fingerprint density at radius 3 is 2.50 bits per heavy atom. The van der Waals surface area contributed by atoms with E-state index in [-0.39, 0.29) is 6.61 Å². The minimum Gasteiger partial charge on any atom is -0.395 e. The lowest BCUT2D eigenvalue weighted by Crippen LogP contribution is -2.49. The van der Waals surface area contributed by atoms with Gasteiger partial charge in [-0.05, 0) is 24.8 Å². The zero-order valence-electron chi connectivity index (χ0n) is 12.2. The molecule has 18 heavy (non-hydrogen) atoms. The van der Waals surface area contributed by atoms with Crippen LogP contribution in [0, 0.1) is 5.41 Å². The van der Waals surface area contributed by atoms with Crippen molar-refractivity contribution in [3.8, 4) is 0 Å². The molecule has 2 N–H and O–H groups in total. The van der Waals surface area contributed by atoms with Crippen LogP contribution in [0.1, 0.15) is 33.6 Å². The van der Waals surface area contributed by atoms with Crippen molar-refractivity contribution in [1.82, 2.24) is 10.2 Å². The van der Waals surface area contributed by atoms with Crippen molar-refractivity contribution in [3.05, 3.63) is 0 Å². The third-order valence-electron chi connectivity index (χ3n) is 3.86. The molecule has 1 aliphatic heterocycles. The lowest BCUT2D eigenvalue weighted by molar-refractivity contribution is -0.00647. The van der Waals surface area contributed by atoms with Gasteiger partial charge in [0.25, 0.3) is 0 Å². The summed E-state index contributed by atoms with van der Waals surface area (Å²) in [6.07, 6.45) is 2.24. The van der Waals surface area contributed by atoms with Crippen molar-refractivity contribution in [1.29, 1.82) is 0 Å². The molecule has 1 fully saturated rings. The largest absolute Gasteiger partial charge is 0.395 e. The summed E-state index contributed by atoms with van der Waals surface area (Å²) in [5, 5.41) is 12.7. The fourth-order valence-electron chi connectivity index (χ4n) is 2.58. The van der Waals surface area contributed by atoms with Crippen molar-refractivity contribution in [2.75, 3.05) is 46.0 Å². The highest BCUT2D eigenvalue weighted by molar-refractivity contribution is 4.87. The van der Waals surface area contributed by atoms with E-state index >= 15 is 0 Å². The van der Waals surface area contributed by atoms with Crippen LogP contribution in [0.2, 0.25) is 0 Å². The quantitative estimate of drug-likeness (QED) is 0.684. The average molecular weight is 258 g/mol. The molecule has 0 amide bonds. The Balaban J connectivity index is 2.57. The highest BCUT2D eigenvalue weighted by atomic mass is 16.5. The fourth-order valence-corrected chi connectivity index (χ4v) is 2.58. The molecule has 0 aliphatic carbocycles. The minimum absolute atomic E-state index is 0.248. The first kappa shape index (κ1) is 15.9. The number of hydrogen-bond donors (Lipinski definition) is 2. The molecule has 0 aromatic rings. The lowest BCUT2D eigenvalue weighted by Gasteiger charge is -2.41. The molecule has 4 heteroatoms. The third kappa shape index (κ3) is 5.22. The summed E-state index contributed by atoms with van der Waals surface area (Å²) < 4.78 is 5.51. The van der Waals surface area contributed by atoms with Gasteiger partial charge in [0.05, 0.1) is 6.61 Å². The predicted octanol–water partition coefficient (Wildman–Crippen LogP) is 1.10. The van der Waals surface area contributed by atoms with Crippen LogP contribution in [0.5, 0.6) is 0 Å². The van der Waals surface area contributed by atoms with Crippen LogP contribution in [0.4, 0.5) is 0 Å². The molecule has 1 rings (SSSR count). The van der Waals surface area contributed by atoms with Crippen molar-refractivity contribution in [3.63, 3.8) is 0 Å². The Bertz CT molecular complexity index is 216. The number of aliphatic hydroxyl groups excluding tert-OH is 1. The van der Waals surface area contributed by atoms with E-state index < -0.39 is 0 Å². The van der Waals surface area contributed by atoms with Gasteiger partial charge in [-0.1, -0.05) is 20.8 Å². The van der Waals surface area contributed by atoms with E-state index in [0.29, 0.717) is 11.5 Å². The van der Waals surface area contributed by atoms with E-state index in [0.717, 1.165) is 52.2 Å². The molecule has 108 valence electrons. The second-order valence-electron chi connectivity index (χ2n) is 5.74. The van der Waals surface area contributed by atoms with Gasteiger partial charge < -0.3 is 20.1 Å². The van der Waals surface area contributed by atoms with Gasteiger partial charge in [-0.3, -0.25) is 0 Å². The zero-order valence-corrected chi connectivity index (χ0v) is 12.2. The van der Waals surface area contributed by atoms with Crippen molar-refractivity contribution in [2.24, 2.45) is 5.41 Å². The Hall–Kier alpha value is -0.160. The van der Waals surface area contributed by atoms with Crippen LogP contribution in [-0.2, 0) is 4.74 Å². The van der Waals surface area contributed by atoms with E-state index in [4.69, 9.17) is 9.84 Å². The number of nitrogens with one attached hydrogen (secondary N) is 1. The summed E-state index contributed by atoms with van der Waals surface area (Å²) in [5.41, 5.74) is 0.313. The molecule has 0 spiro atoms. The Labute approximate surface area is 112 Å². The van der Waals surface area contributed by atoms with Gasteiger partial charge in [0.2, 0.25) is 0 Å². The number of likely N-dealkylation sites (N-methyl/N-ethyl adjacent to an activating group) is 1. The molecule has 0 aromatic carbocycles. The monoisotopic (exact) mass is 258 g/mol. The molecule has 1 heterocycles. The van der Waals surface area contributed by atoms with Crippen LogP contribution < -0.4 is 5.32 Å². The van der Waals surface area contributed by atoms with Gasteiger partial charge in [0.1, 0.15) is 0 Å². The van der Waals surface area contributed by atoms with E-state index in [1.807, 2.05) is 0 Å². The normalized spacial score (nSPS) is 19.7. The maximum Gasteiger partial charge on any atom is 0.0558 e. The minimum atomic E-state index is 0.248. The summed E-state index contributed by atoms with van der Waals surface area (Å²) in [5.74, 6) is 0. The smallest absolute Gasteiger partial charge is 0.0558 e. The maximum absolute atomic E-state index is 9.12. The Morgan fingerprint density at radius 2 is 2.00 bits per heavy atom. The summed E-state index contributed by atoms with van der Waals surface area (Å²) in [4.78, 5) is 2.35. The van der Waals surface area contributed by atoms with Gasteiger partial charge in [-0.25, -0.2) is 0 Å². The summed E-state index contributed by atoms with van der Waals surface area (Å²) in [6, 6.07) is 0.526. The van der Waals surface area contributed by atoms with Crippen molar-refractivity contribution >= 4 is 0 Å². The molecular weight excluding hydrogens is 228 g/mol. The molecule has 4 nitrogen and oxygen atoms in total. The van der Waals surface area contributed by atoms with E-state index in [1.165, 1.54) is 0 Å². The predicted molar refractivity (Wildman–Crippen MR) is 74.8 cm³/mol. The van der Waals surface area contributed by atoms with E-state index in [1.54, 1.807) is 0 Å². The molecule has 1 saturated heterocycles. The number of hydrogen-bond acceptors (Lipinski definition) is 4. The second-order valence-corrected chi connectivity index (χ2v) is 5.74.